The minimum absolute atomic E-state index is 0.160. The average Bonchev–Trinajstić information content (AvgIpc) is 3.33. The van der Waals surface area contributed by atoms with Gasteiger partial charge in [-0.2, -0.15) is 5.10 Å². The Morgan fingerprint density at radius 3 is 2.50 bits per heavy atom. The molecule has 0 saturated carbocycles. The molecule has 2 N–H and O–H groups in total. The molecule has 3 rings (SSSR count). The maximum atomic E-state index is 12.6. The van der Waals surface area contributed by atoms with Gasteiger partial charge in [-0.3, -0.25) is 4.79 Å². The average molecular weight is 429 g/mol. The number of rotatable bonds is 10. The van der Waals surface area contributed by atoms with Gasteiger partial charge >= 0.3 is 0 Å². The second-order valence-electron chi connectivity index (χ2n) is 7.60. The van der Waals surface area contributed by atoms with Crippen molar-refractivity contribution in [1.29, 1.82) is 0 Å². The van der Waals surface area contributed by atoms with E-state index in [9.17, 15) is 4.79 Å². The number of hydrogen-bond acceptors (Lipinski definition) is 6. The highest BCUT2D eigenvalue weighted by molar-refractivity contribution is 7.09. The number of amides is 1. The summed E-state index contributed by atoms with van der Waals surface area (Å²) in [5.74, 6) is -0.160. The second kappa shape index (κ2) is 10.0. The number of aromatic nitrogens is 4. The van der Waals surface area contributed by atoms with Crippen LogP contribution >= 0.6 is 11.3 Å². The molecular formula is C22H32N6OS. The lowest BCUT2D eigenvalue weighted by Crippen LogP contribution is -2.26. The molecule has 0 unspecified atom stereocenters. The van der Waals surface area contributed by atoms with Gasteiger partial charge in [-0.05, 0) is 33.6 Å². The lowest BCUT2D eigenvalue weighted by atomic mass is 10.0. The fraction of sp³-hybridized carbons (Fsp3) is 0.545. The third-order valence-corrected chi connectivity index (χ3v) is 6.07. The van der Waals surface area contributed by atoms with E-state index in [0.717, 1.165) is 65.2 Å². The van der Waals surface area contributed by atoms with E-state index in [1.54, 1.807) is 5.38 Å². The van der Waals surface area contributed by atoms with Crippen LogP contribution in [0.5, 0.6) is 0 Å². The predicted octanol–water partition coefficient (Wildman–Crippen LogP) is 4.84. The Hall–Kier alpha value is -2.48. The maximum absolute atomic E-state index is 12.6. The molecule has 0 aliphatic rings. The quantitative estimate of drug-likeness (QED) is 0.483. The molecule has 3 heterocycles. The van der Waals surface area contributed by atoms with Gasteiger partial charge in [-0.25, -0.2) is 14.6 Å². The first-order chi connectivity index (χ1) is 14.5. The Balaban J connectivity index is 1.96. The Kier molecular flexibility index (Phi) is 7.42. The first-order valence-electron chi connectivity index (χ1n) is 10.8. The summed E-state index contributed by atoms with van der Waals surface area (Å²) in [6.07, 6.45) is 6.32. The normalized spacial score (nSPS) is 11.4. The van der Waals surface area contributed by atoms with Crippen molar-refractivity contribution in [1.82, 2.24) is 25.1 Å². The fourth-order valence-electron chi connectivity index (χ4n) is 3.77. The number of anilines is 1. The molecule has 0 radical (unpaired) electrons. The fourth-order valence-corrected chi connectivity index (χ4v) is 4.37. The third kappa shape index (κ3) is 4.80. The highest BCUT2D eigenvalue weighted by Gasteiger charge is 2.20. The van der Waals surface area contributed by atoms with Gasteiger partial charge in [-0.15, -0.1) is 11.3 Å². The molecule has 0 fully saturated rings. The highest BCUT2D eigenvalue weighted by atomic mass is 32.1. The van der Waals surface area contributed by atoms with E-state index < -0.39 is 0 Å². The van der Waals surface area contributed by atoms with E-state index in [1.807, 2.05) is 24.7 Å². The van der Waals surface area contributed by atoms with Crippen molar-refractivity contribution < 1.29 is 4.79 Å². The van der Waals surface area contributed by atoms with E-state index in [2.05, 4.69) is 41.5 Å². The highest BCUT2D eigenvalue weighted by Crippen LogP contribution is 2.30. The first-order valence-corrected chi connectivity index (χ1v) is 11.7. The molecule has 0 aliphatic heterocycles. The molecule has 0 aromatic carbocycles. The first kappa shape index (κ1) is 22.2. The van der Waals surface area contributed by atoms with Crippen LogP contribution in [0.2, 0.25) is 0 Å². The molecule has 3 aromatic heterocycles. The van der Waals surface area contributed by atoms with E-state index in [-0.39, 0.29) is 5.91 Å². The molecule has 30 heavy (non-hydrogen) atoms. The molecule has 0 aliphatic carbocycles. The number of nitrogens with one attached hydrogen (secondary N) is 2. The summed E-state index contributed by atoms with van der Waals surface area (Å²) >= 11 is 1.48. The molecule has 0 saturated heterocycles. The Morgan fingerprint density at radius 2 is 1.90 bits per heavy atom. The van der Waals surface area contributed by atoms with E-state index in [0.29, 0.717) is 18.3 Å². The Labute approximate surface area is 182 Å². The molecular weight excluding hydrogens is 396 g/mol. The predicted molar refractivity (Wildman–Crippen MR) is 123 cm³/mol. The number of nitrogens with zero attached hydrogens (tertiary/aromatic N) is 4. The summed E-state index contributed by atoms with van der Waals surface area (Å²) in [6.45, 7) is 11.6. The largest absolute Gasteiger partial charge is 0.381 e. The van der Waals surface area contributed by atoms with Gasteiger partial charge in [0.1, 0.15) is 5.69 Å². The minimum atomic E-state index is -0.160. The van der Waals surface area contributed by atoms with Crippen molar-refractivity contribution in [3.8, 4) is 0 Å². The zero-order chi connectivity index (χ0) is 21.7. The molecule has 162 valence electrons. The van der Waals surface area contributed by atoms with Gasteiger partial charge in [0.25, 0.3) is 5.91 Å². The number of fused-ring (bicyclic) bond motifs is 1. The summed E-state index contributed by atoms with van der Waals surface area (Å²) in [6, 6.07) is 0.380. The molecule has 0 atom stereocenters. The summed E-state index contributed by atoms with van der Waals surface area (Å²) in [5, 5.41) is 15.0. The smallest absolute Gasteiger partial charge is 0.271 e. The van der Waals surface area contributed by atoms with Crippen LogP contribution in [0.25, 0.3) is 11.0 Å². The lowest BCUT2D eigenvalue weighted by Gasteiger charge is -2.23. The number of carbonyl (C=O) groups excluding carboxylic acids is 1. The molecule has 0 bridgehead atoms. The van der Waals surface area contributed by atoms with Crippen LogP contribution in [0.4, 0.5) is 5.69 Å². The zero-order valence-electron chi connectivity index (χ0n) is 18.6. The van der Waals surface area contributed by atoms with Gasteiger partial charge in [0.15, 0.2) is 5.65 Å². The molecule has 1 amide bonds. The van der Waals surface area contributed by atoms with Gasteiger partial charge in [0.2, 0.25) is 0 Å². The van der Waals surface area contributed by atoms with Gasteiger partial charge < -0.3 is 10.6 Å². The van der Waals surface area contributed by atoms with Crippen molar-refractivity contribution in [3.63, 3.8) is 0 Å². The minimum Gasteiger partial charge on any atom is -0.381 e. The summed E-state index contributed by atoms with van der Waals surface area (Å²) in [4.78, 5) is 21.7. The molecule has 7 nitrogen and oxygen atoms in total. The SMILES string of the molecule is CCCC(CCC)Nc1c(CNC(=O)c2csc(C)n2)c(C)nc2c1cnn2CC. The Bertz CT molecular complexity index is 1000. The summed E-state index contributed by atoms with van der Waals surface area (Å²) in [7, 11) is 0. The molecule has 3 aromatic rings. The number of carbonyl (C=O) groups is 1. The second-order valence-corrected chi connectivity index (χ2v) is 8.66. The zero-order valence-corrected chi connectivity index (χ0v) is 19.4. The van der Waals surface area contributed by atoms with Crippen molar-refractivity contribution in [2.75, 3.05) is 5.32 Å². The van der Waals surface area contributed by atoms with Crippen molar-refractivity contribution in [3.05, 3.63) is 33.5 Å². The Morgan fingerprint density at radius 1 is 1.17 bits per heavy atom. The number of pyridine rings is 1. The van der Waals surface area contributed by atoms with Crippen LogP contribution in [-0.2, 0) is 13.1 Å². The van der Waals surface area contributed by atoms with Crippen LogP contribution in [0.3, 0.4) is 0 Å². The topological polar surface area (TPSA) is 84.7 Å². The van der Waals surface area contributed by atoms with E-state index in [4.69, 9.17) is 4.98 Å². The van der Waals surface area contributed by atoms with Crippen LogP contribution < -0.4 is 10.6 Å². The standard InChI is InChI=1S/C22H32N6OS/c1-6-9-16(10-7-2)27-20-17(11-23-22(29)19-13-30-15(5)26-19)14(4)25-21-18(20)12-24-28(21)8-3/h12-13,16H,6-11H2,1-5H3,(H,23,29)(H,25,27). The maximum Gasteiger partial charge on any atom is 0.271 e. The number of hydrogen-bond donors (Lipinski definition) is 2. The van der Waals surface area contributed by atoms with Gasteiger partial charge in [-0.1, -0.05) is 26.7 Å². The summed E-state index contributed by atoms with van der Waals surface area (Å²) in [5.41, 5.74) is 4.30. The van der Waals surface area contributed by atoms with Crippen molar-refractivity contribution >= 4 is 34.0 Å². The number of thiazole rings is 1. The van der Waals surface area contributed by atoms with Crippen LogP contribution in [0.15, 0.2) is 11.6 Å². The van der Waals surface area contributed by atoms with Crippen LogP contribution in [-0.4, -0.2) is 31.7 Å². The lowest BCUT2D eigenvalue weighted by molar-refractivity contribution is 0.0946. The molecule has 0 spiro atoms. The third-order valence-electron chi connectivity index (χ3n) is 5.29. The number of aryl methyl sites for hydroxylation is 3. The monoisotopic (exact) mass is 428 g/mol. The van der Waals surface area contributed by atoms with E-state index >= 15 is 0 Å². The van der Waals surface area contributed by atoms with Crippen molar-refractivity contribution in [2.45, 2.75) is 79.4 Å². The molecule has 8 heteroatoms. The van der Waals surface area contributed by atoms with Gasteiger partial charge in [0, 0.05) is 35.8 Å². The van der Waals surface area contributed by atoms with Crippen molar-refractivity contribution in [2.24, 2.45) is 0 Å². The van der Waals surface area contributed by atoms with Gasteiger partial charge in [0.05, 0.1) is 22.3 Å². The van der Waals surface area contributed by atoms with E-state index in [1.165, 1.54) is 11.3 Å². The van der Waals surface area contributed by atoms with Crippen LogP contribution in [0, 0.1) is 13.8 Å². The van der Waals surface area contributed by atoms with Crippen LogP contribution in [0.1, 0.15) is 73.2 Å². The summed E-state index contributed by atoms with van der Waals surface area (Å²) < 4.78 is 1.92.